The van der Waals surface area contributed by atoms with Crippen molar-refractivity contribution in [2.24, 2.45) is 0 Å². The number of amides is 1. The molecule has 0 aliphatic heterocycles. The summed E-state index contributed by atoms with van der Waals surface area (Å²) in [5, 5.41) is 14.6. The highest BCUT2D eigenvalue weighted by Crippen LogP contribution is 2.31. The number of ether oxygens (including phenoxy) is 1. The molecule has 0 bridgehead atoms. The van der Waals surface area contributed by atoms with E-state index in [9.17, 15) is 9.59 Å². The summed E-state index contributed by atoms with van der Waals surface area (Å²) in [6, 6.07) is 0. The first-order valence-corrected chi connectivity index (χ1v) is 5.85. The second kappa shape index (κ2) is 6.56. The highest BCUT2D eigenvalue weighted by molar-refractivity contribution is 5.82. The molecule has 0 unspecified atom stereocenters. The zero-order valence-corrected chi connectivity index (χ0v) is 10.1. The first-order chi connectivity index (χ1) is 8.10. The smallest absolute Gasteiger partial charge is 0.323 e. The molecule has 0 aromatic rings. The van der Waals surface area contributed by atoms with Crippen LogP contribution in [0, 0.1) is 0 Å². The van der Waals surface area contributed by atoms with Gasteiger partial charge in [-0.25, -0.2) is 0 Å². The molecular weight excluding hydrogens is 224 g/mol. The van der Waals surface area contributed by atoms with Gasteiger partial charge in [0.15, 0.2) is 0 Å². The van der Waals surface area contributed by atoms with Crippen molar-refractivity contribution in [3.8, 4) is 0 Å². The number of carboxylic acid groups (broad SMARTS) is 1. The fourth-order valence-corrected chi connectivity index (χ4v) is 1.75. The van der Waals surface area contributed by atoms with Gasteiger partial charge in [-0.05, 0) is 25.7 Å². The van der Waals surface area contributed by atoms with E-state index in [1.807, 2.05) is 0 Å². The van der Waals surface area contributed by atoms with Gasteiger partial charge in [-0.15, -0.1) is 0 Å². The van der Waals surface area contributed by atoms with Crippen LogP contribution in [0.2, 0.25) is 0 Å². The summed E-state index contributed by atoms with van der Waals surface area (Å²) in [5.74, 6) is -1.04. The Balaban J connectivity index is 2.16. The molecule has 0 atom stereocenters. The number of carboxylic acids is 1. The molecule has 1 fully saturated rings. The average Bonchev–Trinajstić information content (AvgIpc) is 2.22. The summed E-state index contributed by atoms with van der Waals surface area (Å²) in [6.07, 6.45) is 2.85. The van der Waals surface area contributed by atoms with Crippen molar-refractivity contribution < 1.29 is 19.4 Å². The maximum atomic E-state index is 11.4. The number of carbonyl (C=O) groups excluding carboxylic acids is 1. The van der Waals surface area contributed by atoms with Crippen molar-refractivity contribution in [2.75, 3.05) is 26.8 Å². The minimum atomic E-state index is -0.871. The lowest BCUT2D eigenvalue weighted by atomic mass is 9.77. The molecule has 1 rings (SSSR count). The summed E-state index contributed by atoms with van der Waals surface area (Å²) in [7, 11) is 1.61. The van der Waals surface area contributed by atoms with E-state index in [-0.39, 0.29) is 12.5 Å². The van der Waals surface area contributed by atoms with E-state index in [2.05, 4.69) is 10.6 Å². The molecule has 6 heteroatoms. The molecule has 1 aliphatic carbocycles. The molecular formula is C11H20N2O4. The SMILES string of the molecule is COCCCNC(=O)CNC1(C(=O)O)CCC1. The van der Waals surface area contributed by atoms with Crippen LogP contribution in [0.3, 0.4) is 0 Å². The average molecular weight is 244 g/mol. The van der Waals surface area contributed by atoms with Gasteiger partial charge in [0.25, 0.3) is 0 Å². The fraction of sp³-hybridized carbons (Fsp3) is 0.818. The normalized spacial score (nSPS) is 17.2. The van der Waals surface area contributed by atoms with E-state index < -0.39 is 11.5 Å². The van der Waals surface area contributed by atoms with Gasteiger partial charge < -0.3 is 15.2 Å². The van der Waals surface area contributed by atoms with Gasteiger partial charge in [0, 0.05) is 20.3 Å². The largest absolute Gasteiger partial charge is 0.480 e. The lowest BCUT2D eigenvalue weighted by Crippen LogP contribution is -2.59. The van der Waals surface area contributed by atoms with Crippen LogP contribution in [0.25, 0.3) is 0 Å². The van der Waals surface area contributed by atoms with Gasteiger partial charge >= 0.3 is 5.97 Å². The van der Waals surface area contributed by atoms with Gasteiger partial charge in [-0.3, -0.25) is 14.9 Å². The van der Waals surface area contributed by atoms with Crippen LogP contribution < -0.4 is 10.6 Å². The molecule has 1 amide bonds. The summed E-state index contributed by atoms with van der Waals surface area (Å²) in [5.41, 5.74) is -0.871. The van der Waals surface area contributed by atoms with Gasteiger partial charge in [0.05, 0.1) is 6.54 Å². The van der Waals surface area contributed by atoms with Gasteiger partial charge in [0.2, 0.25) is 5.91 Å². The number of methoxy groups -OCH3 is 1. The standard InChI is InChI=1S/C11H20N2O4/c1-17-7-3-6-12-9(14)8-13-11(10(15)16)4-2-5-11/h13H,2-8H2,1H3,(H,12,14)(H,15,16). The van der Waals surface area contributed by atoms with E-state index in [1.165, 1.54) is 0 Å². The first-order valence-electron chi connectivity index (χ1n) is 5.85. The van der Waals surface area contributed by atoms with E-state index in [4.69, 9.17) is 9.84 Å². The van der Waals surface area contributed by atoms with Crippen LogP contribution in [-0.2, 0) is 14.3 Å². The number of hydrogen-bond donors (Lipinski definition) is 3. The Kier molecular flexibility index (Phi) is 5.37. The van der Waals surface area contributed by atoms with Gasteiger partial charge in [0.1, 0.15) is 5.54 Å². The molecule has 98 valence electrons. The van der Waals surface area contributed by atoms with Crippen molar-refractivity contribution in [2.45, 2.75) is 31.2 Å². The van der Waals surface area contributed by atoms with E-state index in [1.54, 1.807) is 7.11 Å². The Morgan fingerprint density at radius 2 is 2.12 bits per heavy atom. The second-order valence-electron chi connectivity index (χ2n) is 4.29. The van der Waals surface area contributed by atoms with E-state index >= 15 is 0 Å². The van der Waals surface area contributed by atoms with Crippen LogP contribution >= 0.6 is 0 Å². The molecule has 0 radical (unpaired) electrons. The van der Waals surface area contributed by atoms with Gasteiger partial charge in [-0.1, -0.05) is 0 Å². The maximum Gasteiger partial charge on any atom is 0.323 e. The van der Waals surface area contributed by atoms with Crippen molar-refractivity contribution >= 4 is 11.9 Å². The molecule has 1 saturated carbocycles. The Bertz CT molecular complexity index is 277. The number of nitrogens with one attached hydrogen (secondary N) is 2. The highest BCUT2D eigenvalue weighted by atomic mass is 16.5. The minimum absolute atomic E-state index is 0.0548. The summed E-state index contributed by atoms with van der Waals surface area (Å²) >= 11 is 0. The lowest BCUT2D eigenvalue weighted by Gasteiger charge is -2.38. The Morgan fingerprint density at radius 3 is 2.59 bits per heavy atom. The van der Waals surface area contributed by atoms with Crippen LogP contribution in [0.4, 0.5) is 0 Å². The molecule has 1 aliphatic rings. The second-order valence-corrected chi connectivity index (χ2v) is 4.29. The van der Waals surface area contributed by atoms with Crippen LogP contribution in [0.15, 0.2) is 0 Å². The third kappa shape index (κ3) is 3.98. The van der Waals surface area contributed by atoms with E-state index in [0.29, 0.717) is 26.0 Å². The number of hydrogen-bond acceptors (Lipinski definition) is 4. The monoisotopic (exact) mass is 244 g/mol. The molecule has 3 N–H and O–H groups in total. The van der Waals surface area contributed by atoms with Crippen molar-refractivity contribution in [1.29, 1.82) is 0 Å². The zero-order valence-electron chi connectivity index (χ0n) is 10.1. The fourth-order valence-electron chi connectivity index (χ4n) is 1.75. The van der Waals surface area contributed by atoms with Gasteiger partial charge in [-0.2, -0.15) is 0 Å². The molecule has 0 saturated heterocycles. The molecule has 0 spiro atoms. The molecule has 0 heterocycles. The Hall–Kier alpha value is -1.14. The summed E-state index contributed by atoms with van der Waals surface area (Å²) < 4.78 is 4.85. The van der Waals surface area contributed by atoms with Crippen molar-refractivity contribution in [1.82, 2.24) is 10.6 Å². The molecule has 6 nitrogen and oxygen atoms in total. The van der Waals surface area contributed by atoms with Crippen molar-refractivity contribution in [3.63, 3.8) is 0 Å². The maximum absolute atomic E-state index is 11.4. The van der Waals surface area contributed by atoms with Crippen molar-refractivity contribution in [3.05, 3.63) is 0 Å². The molecule has 0 aromatic heterocycles. The topological polar surface area (TPSA) is 87.7 Å². The number of carbonyl (C=O) groups is 2. The third-order valence-corrected chi connectivity index (χ3v) is 3.05. The predicted molar refractivity (Wildman–Crippen MR) is 61.7 cm³/mol. The highest BCUT2D eigenvalue weighted by Gasteiger charge is 2.44. The van der Waals surface area contributed by atoms with E-state index in [0.717, 1.165) is 12.8 Å². The van der Waals surface area contributed by atoms with Crippen LogP contribution in [0.1, 0.15) is 25.7 Å². The first kappa shape index (κ1) is 13.9. The van der Waals surface area contributed by atoms with Crippen LogP contribution in [-0.4, -0.2) is 49.3 Å². The number of rotatable bonds is 8. The minimum Gasteiger partial charge on any atom is -0.480 e. The molecule has 0 aromatic carbocycles. The predicted octanol–water partition coefficient (Wildman–Crippen LogP) is -0.264. The quantitative estimate of drug-likeness (QED) is 0.512. The third-order valence-electron chi connectivity index (χ3n) is 3.05. The Labute approximate surface area is 101 Å². The lowest BCUT2D eigenvalue weighted by molar-refractivity contribution is -0.148. The summed E-state index contributed by atoms with van der Waals surface area (Å²) in [4.78, 5) is 22.4. The number of aliphatic carboxylic acids is 1. The van der Waals surface area contributed by atoms with Crippen LogP contribution in [0.5, 0.6) is 0 Å². The molecule has 17 heavy (non-hydrogen) atoms. The Morgan fingerprint density at radius 1 is 1.41 bits per heavy atom. The summed E-state index contributed by atoms with van der Waals surface area (Å²) in [6.45, 7) is 1.21. The zero-order chi connectivity index (χ0) is 12.7.